The van der Waals surface area contributed by atoms with Crippen molar-refractivity contribution in [1.29, 1.82) is 0 Å². The monoisotopic (exact) mass is 284 g/mol. The Kier molecular flexibility index (Phi) is 4.38. The Hall–Kier alpha value is -1.18. The number of aromatic nitrogens is 1. The molecular weight excluding hydrogens is 264 g/mol. The van der Waals surface area contributed by atoms with E-state index < -0.39 is 10.0 Å². The molecule has 1 aliphatic rings. The maximum absolute atomic E-state index is 12.3. The van der Waals surface area contributed by atoms with E-state index in [9.17, 15) is 8.42 Å². The van der Waals surface area contributed by atoms with E-state index in [1.807, 2.05) is 7.05 Å². The minimum Gasteiger partial charge on any atom is -0.373 e. The summed E-state index contributed by atoms with van der Waals surface area (Å²) in [6.07, 6.45) is 3.19. The van der Waals surface area contributed by atoms with Crippen molar-refractivity contribution in [3.8, 4) is 0 Å². The molecule has 2 rings (SSSR count). The highest BCUT2D eigenvalue weighted by molar-refractivity contribution is 7.89. The van der Waals surface area contributed by atoms with Crippen molar-refractivity contribution in [2.24, 2.45) is 0 Å². The second kappa shape index (κ2) is 5.85. The maximum atomic E-state index is 12.3. The second-order valence-electron chi connectivity index (χ2n) is 4.83. The van der Waals surface area contributed by atoms with Gasteiger partial charge in [0.2, 0.25) is 10.0 Å². The number of hydrogen-bond acceptors (Lipinski definition) is 5. The van der Waals surface area contributed by atoms with Crippen LogP contribution in [-0.2, 0) is 10.0 Å². The highest BCUT2D eigenvalue weighted by Gasteiger charge is 2.23. The van der Waals surface area contributed by atoms with Crippen molar-refractivity contribution in [1.82, 2.24) is 14.6 Å². The molecule has 7 heteroatoms. The molecule has 0 spiro atoms. The molecule has 0 atom stereocenters. The third kappa shape index (κ3) is 3.65. The Labute approximate surface area is 114 Å². The molecule has 0 aliphatic carbocycles. The summed E-state index contributed by atoms with van der Waals surface area (Å²) in [5, 5.41) is 2.84. The van der Waals surface area contributed by atoms with Crippen LogP contribution in [0.3, 0.4) is 0 Å². The summed E-state index contributed by atoms with van der Waals surface area (Å²) in [4.78, 5) is 6.48. The molecule has 19 heavy (non-hydrogen) atoms. The Morgan fingerprint density at radius 1 is 1.37 bits per heavy atom. The molecular formula is C12H20N4O2S. The summed E-state index contributed by atoms with van der Waals surface area (Å²) >= 11 is 0. The summed E-state index contributed by atoms with van der Waals surface area (Å²) in [6.45, 7) is 1.84. The number of sulfonamides is 1. The topological polar surface area (TPSA) is 74.3 Å². The van der Waals surface area contributed by atoms with E-state index in [4.69, 9.17) is 0 Å². The van der Waals surface area contributed by atoms with Gasteiger partial charge in [-0.25, -0.2) is 18.1 Å². The molecule has 106 valence electrons. The lowest BCUT2D eigenvalue weighted by atomic mass is 10.1. The molecule has 0 amide bonds. The number of nitrogens with zero attached hydrogens (tertiary/aromatic N) is 2. The molecule has 0 aromatic carbocycles. The lowest BCUT2D eigenvalue weighted by Crippen LogP contribution is -2.43. The van der Waals surface area contributed by atoms with Crippen molar-refractivity contribution < 1.29 is 8.42 Å². The van der Waals surface area contributed by atoms with Crippen LogP contribution in [0.4, 0.5) is 5.82 Å². The van der Waals surface area contributed by atoms with Gasteiger partial charge in [0.15, 0.2) is 0 Å². The summed E-state index contributed by atoms with van der Waals surface area (Å²) < 4.78 is 27.3. The van der Waals surface area contributed by atoms with E-state index in [-0.39, 0.29) is 10.9 Å². The van der Waals surface area contributed by atoms with E-state index in [1.165, 1.54) is 18.3 Å². The highest BCUT2D eigenvalue weighted by atomic mass is 32.2. The normalized spacial score (nSPS) is 18.4. The van der Waals surface area contributed by atoms with Crippen molar-refractivity contribution >= 4 is 15.8 Å². The first-order valence-corrected chi connectivity index (χ1v) is 7.84. The first-order valence-electron chi connectivity index (χ1n) is 6.36. The maximum Gasteiger partial charge on any atom is 0.241 e. The highest BCUT2D eigenvalue weighted by Crippen LogP contribution is 2.15. The van der Waals surface area contributed by atoms with Crippen LogP contribution in [0.1, 0.15) is 12.8 Å². The molecule has 0 radical (unpaired) electrons. The molecule has 0 saturated carbocycles. The average molecular weight is 284 g/mol. The van der Waals surface area contributed by atoms with Crippen LogP contribution in [0.5, 0.6) is 0 Å². The predicted octanol–water partition coefficient (Wildman–Crippen LogP) is 0.496. The largest absolute Gasteiger partial charge is 0.373 e. The fourth-order valence-electron chi connectivity index (χ4n) is 2.13. The number of anilines is 1. The first kappa shape index (κ1) is 14.2. The van der Waals surface area contributed by atoms with E-state index in [2.05, 4.69) is 19.9 Å². The minimum absolute atomic E-state index is 0.0207. The molecule has 2 heterocycles. The van der Waals surface area contributed by atoms with Gasteiger partial charge in [-0.05, 0) is 39.0 Å². The molecule has 1 aliphatic heterocycles. The standard InChI is InChI=1S/C12H20N4O2S/c1-13-12-9-11(3-6-14-12)19(17,18)15-10-4-7-16(2)8-5-10/h3,6,9-10,15H,4-5,7-8H2,1-2H3,(H,13,14). The van der Waals surface area contributed by atoms with E-state index >= 15 is 0 Å². The zero-order chi connectivity index (χ0) is 13.9. The van der Waals surface area contributed by atoms with Crippen LogP contribution >= 0.6 is 0 Å². The van der Waals surface area contributed by atoms with Gasteiger partial charge in [0.1, 0.15) is 5.82 Å². The number of pyridine rings is 1. The summed E-state index contributed by atoms with van der Waals surface area (Å²) in [6, 6.07) is 3.07. The zero-order valence-corrected chi connectivity index (χ0v) is 12.1. The molecule has 0 bridgehead atoms. The quantitative estimate of drug-likeness (QED) is 0.842. The fourth-order valence-corrected chi connectivity index (χ4v) is 3.45. The number of hydrogen-bond donors (Lipinski definition) is 2. The Bertz CT molecular complexity index is 524. The Morgan fingerprint density at radius 3 is 2.68 bits per heavy atom. The first-order chi connectivity index (χ1) is 9.01. The number of piperidine rings is 1. The van der Waals surface area contributed by atoms with E-state index in [0.29, 0.717) is 5.82 Å². The number of rotatable bonds is 4. The van der Waals surface area contributed by atoms with Gasteiger partial charge >= 0.3 is 0 Å². The summed E-state index contributed by atoms with van der Waals surface area (Å²) in [7, 11) is 0.301. The van der Waals surface area contributed by atoms with Crippen molar-refractivity contribution in [3.05, 3.63) is 18.3 Å². The second-order valence-corrected chi connectivity index (χ2v) is 6.54. The van der Waals surface area contributed by atoms with Crippen LogP contribution in [0, 0.1) is 0 Å². The van der Waals surface area contributed by atoms with Gasteiger partial charge in [-0.15, -0.1) is 0 Å². The van der Waals surface area contributed by atoms with Gasteiger partial charge in [-0.3, -0.25) is 0 Å². The molecule has 0 unspecified atom stereocenters. The minimum atomic E-state index is -3.46. The van der Waals surface area contributed by atoms with Crippen molar-refractivity contribution in [2.45, 2.75) is 23.8 Å². The third-order valence-corrected chi connectivity index (χ3v) is 4.86. The van der Waals surface area contributed by atoms with Gasteiger partial charge in [0, 0.05) is 25.4 Å². The Morgan fingerprint density at radius 2 is 2.05 bits per heavy atom. The van der Waals surface area contributed by atoms with Gasteiger partial charge in [-0.1, -0.05) is 0 Å². The predicted molar refractivity (Wildman–Crippen MR) is 74.6 cm³/mol. The van der Waals surface area contributed by atoms with Gasteiger partial charge in [-0.2, -0.15) is 0 Å². The van der Waals surface area contributed by atoms with Crippen LogP contribution in [-0.4, -0.2) is 51.5 Å². The molecule has 1 saturated heterocycles. The van der Waals surface area contributed by atoms with Crippen LogP contribution in [0.25, 0.3) is 0 Å². The van der Waals surface area contributed by atoms with Crippen LogP contribution in [0.2, 0.25) is 0 Å². The Balaban J connectivity index is 2.09. The SMILES string of the molecule is CNc1cc(S(=O)(=O)NC2CCN(C)CC2)ccn1. The molecule has 1 fully saturated rings. The van der Waals surface area contributed by atoms with Crippen LogP contribution < -0.4 is 10.0 Å². The van der Waals surface area contributed by atoms with E-state index in [1.54, 1.807) is 7.05 Å². The van der Waals surface area contributed by atoms with Gasteiger partial charge in [0.05, 0.1) is 4.90 Å². The van der Waals surface area contributed by atoms with Crippen molar-refractivity contribution in [3.63, 3.8) is 0 Å². The average Bonchev–Trinajstić information content (AvgIpc) is 2.41. The smallest absolute Gasteiger partial charge is 0.241 e. The summed E-state index contributed by atoms with van der Waals surface area (Å²) in [5.41, 5.74) is 0. The summed E-state index contributed by atoms with van der Waals surface area (Å²) in [5.74, 6) is 0.547. The molecule has 2 N–H and O–H groups in total. The molecule has 1 aromatic rings. The third-order valence-electron chi connectivity index (χ3n) is 3.34. The van der Waals surface area contributed by atoms with Crippen LogP contribution in [0.15, 0.2) is 23.2 Å². The number of likely N-dealkylation sites (tertiary alicyclic amines) is 1. The van der Waals surface area contributed by atoms with Gasteiger partial charge in [0.25, 0.3) is 0 Å². The number of nitrogens with one attached hydrogen (secondary N) is 2. The lowest BCUT2D eigenvalue weighted by Gasteiger charge is -2.29. The van der Waals surface area contributed by atoms with Gasteiger partial charge < -0.3 is 10.2 Å². The lowest BCUT2D eigenvalue weighted by molar-refractivity contribution is 0.248. The molecule has 6 nitrogen and oxygen atoms in total. The van der Waals surface area contributed by atoms with E-state index in [0.717, 1.165) is 25.9 Å². The van der Waals surface area contributed by atoms with Crippen molar-refractivity contribution in [2.75, 3.05) is 32.5 Å². The fraction of sp³-hybridized carbons (Fsp3) is 0.583. The zero-order valence-electron chi connectivity index (χ0n) is 11.3. The molecule has 1 aromatic heterocycles.